The molecule has 1 aromatic carbocycles. The molecule has 1 aliphatic heterocycles. The lowest BCUT2D eigenvalue weighted by Crippen LogP contribution is -2.38. The summed E-state index contributed by atoms with van der Waals surface area (Å²) in [7, 11) is 0. The first-order chi connectivity index (χ1) is 12.1. The largest absolute Gasteiger partial charge is 0.295 e. The second kappa shape index (κ2) is 8.00. The Morgan fingerprint density at radius 2 is 1.92 bits per heavy atom. The third-order valence-electron chi connectivity index (χ3n) is 5.27. The number of rotatable bonds is 5. The van der Waals surface area contributed by atoms with E-state index in [1.54, 1.807) is 0 Å². The van der Waals surface area contributed by atoms with E-state index in [-0.39, 0.29) is 11.6 Å². The zero-order valence-corrected chi connectivity index (χ0v) is 17.1. The van der Waals surface area contributed by atoms with Crippen LogP contribution in [0.4, 0.5) is 0 Å². The molecular weight excluding hydrogens is 378 g/mol. The van der Waals surface area contributed by atoms with Gasteiger partial charge in [-0.25, -0.2) is 4.98 Å². The van der Waals surface area contributed by atoms with Gasteiger partial charge < -0.3 is 0 Å². The minimum absolute atomic E-state index is 0.0845. The Labute approximate surface area is 158 Å². The highest BCUT2D eigenvalue weighted by atomic mass is 79.9. The molecule has 2 heterocycles. The van der Waals surface area contributed by atoms with E-state index in [1.807, 2.05) is 30.5 Å². The average molecular weight is 406 g/mol. The van der Waals surface area contributed by atoms with Crippen molar-refractivity contribution in [2.24, 2.45) is 0 Å². The molecule has 0 N–H and O–H groups in total. The van der Waals surface area contributed by atoms with E-state index in [4.69, 9.17) is 4.98 Å². The summed E-state index contributed by atoms with van der Waals surface area (Å²) < 4.78 is 2.86. The molecule has 5 heteroatoms. The van der Waals surface area contributed by atoms with Gasteiger partial charge >= 0.3 is 0 Å². The van der Waals surface area contributed by atoms with E-state index >= 15 is 0 Å². The number of halogens is 1. The number of benzene rings is 1. The average Bonchev–Trinajstić information content (AvgIpc) is 2.62. The zero-order chi connectivity index (χ0) is 18.0. The predicted molar refractivity (Wildman–Crippen MR) is 107 cm³/mol. The number of aryl methyl sites for hydroxylation is 1. The van der Waals surface area contributed by atoms with Crippen molar-refractivity contribution < 1.29 is 0 Å². The van der Waals surface area contributed by atoms with Crippen molar-refractivity contribution in [3.8, 4) is 0 Å². The maximum atomic E-state index is 13.1. The highest BCUT2D eigenvalue weighted by Crippen LogP contribution is 2.29. The van der Waals surface area contributed by atoms with Crippen LogP contribution in [0.2, 0.25) is 0 Å². The minimum atomic E-state index is 0.0845. The molecule has 1 saturated heterocycles. The number of hydrogen-bond acceptors (Lipinski definition) is 3. The summed E-state index contributed by atoms with van der Waals surface area (Å²) in [6.07, 6.45) is 5.95. The molecular formula is C20H28BrN3O. The molecule has 0 amide bonds. The Kier molecular flexibility index (Phi) is 5.95. The summed E-state index contributed by atoms with van der Waals surface area (Å²) in [6, 6.07) is 4.20. The van der Waals surface area contributed by atoms with Crippen molar-refractivity contribution in [1.29, 1.82) is 0 Å². The Morgan fingerprint density at radius 1 is 1.20 bits per heavy atom. The minimum Gasteiger partial charge on any atom is -0.295 e. The van der Waals surface area contributed by atoms with Gasteiger partial charge in [-0.15, -0.1) is 0 Å². The number of aromatic nitrogens is 2. The van der Waals surface area contributed by atoms with Gasteiger partial charge in [-0.1, -0.05) is 35.7 Å². The Hall–Kier alpha value is -1.20. The van der Waals surface area contributed by atoms with Crippen molar-refractivity contribution in [1.82, 2.24) is 14.5 Å². The van der Waals surface area contributed by atoms with E-state index in [2.05, 4.69) is 27.8 Å². The van der Waals surface area contributed by atoms with E-state index < -0.39 is 0 Å². The standard InChI is InChI=1S/C20H28BrN3O/c1-4-9-18(23-10-7-6-8-11-23)19-22-17-12-14(3)16(21)13-15(17)20(25)24(19)5-2/h12-13,18H,4-11H2,1-3H3. The van der Waals surface area contributed by atoms with Gasteiger partial charge in [-0.3, -0.25) is 14.3 Å². The van der Waals surface area contributed by atoms with Crippen molar-refractivity contribution in [2.75, 3.05) is 13.1 Å². The molecule has 1 fully saturated rings. The quantitative estimate of drug-likeness (QED) is 0.715. The van der Waals surface area contributed by atoms with Crippen molar-refractivity contribution in [3.63, 3.8) is 0 Å². The van der Waals surface area contributed by atoms with Crippen LogP contribution in [0.5, 0.6) is 0 Å². The normalized spacial score (nSPS) is 17.1. The molecule has 1 atom stereocenters. The van der Waals surface area contributed by atoms with Gasteiger partial charge in [0.05, 0.1) is 16.9 Å². The lowest BCUT2D eigenvalue weighted by Gasteiger charge is -2.35. The second-order valence-electron chi connectivity index (χ2n) is 7.04. The summed E-state index contributed by atoms with van der Waals surface area (Å²) in [6.45, 7) is 9.19. The molecule has 1 aliphatic rings. The number of hydrogen-bond donors (Lipinski definition) is 0. The summed E-state index contributed by atoms with van der Waals surface area (Å²) in [5.74, 6) is 0.950. The van der Waals surface area contributed by atoms with Crippen LogP contribution in [0, 0.1) is 6.92 Å². The van der Waals surface area contributed by atoms with E-state index in [9.17, 15) is 4.79 Å². The molecule has 0 bridgehead atoms. The Morgan fingerprint density at radius 3 is 2.56 bits per heavy atom. The maximum absolute atomic E-state index is 13.1. The molecule has 1 aromatic heterocycles. The first-order valence-electron chi connectivity index (χ1n) is 9.51. The van der Waals surface area contributed by atoms with Gasteiger partial charge in [0.15, 0.2) is 0 Å². The number of fused-ring (bicyclic) bond motifs is 1. The molecule has 0 radical (unpaired) electrons. The predicted octanol–water partition coefficient (Wildman–Crippen LogP) is 4.81. The van der Waals surface area contributed by atoms with E-state index in [1.165, 1.54) is 19.3 Å². The van der Waals surface area contributed by atoms with Crippen LogP contribution in [-0.4, -0.2) is 27.5 Å². The Balaban J connectivity index is 2.18. The van der Waals surface area contributed by atoms with Gasteiger partial charge in [-0.2, -0.15) is 0 Å². The number of nitrogens with zero attached hydrogens (tertiary/aromatic N) is 3. The first-order valence-corrected chi connectivity index (χ1v) is 10.3. The third-order valence-corrected chi connectivity index (χ3v) is 6.13. The van der Waals surface area contributed by atoms with Crippen molar-refractivity contribution in [2.45, 2.75) is 65.5 Å². The highest BCUT2D eigenvalue weighted by molar-refractivity contribution is 9.10. The maximum Gasteiger partial charge on any atom is 0.261 e. The number of piperidine rings is 1. The van der Waals surface area contributed by atoms with Crippen LogP contribution in [0.25, 0.3) is 10.9 Å². The summed E-state index contributed by atoms with van der Waals surface area (Å²) in [4.78, 5) is 20.7. The molecule has 4 nitrogen and oxygen atoms in total. The second-order valence-corrected chi connectivity index (χ2v) is 7.89. The van der Waals surface area contributed by atoms with Crippen LogP contribution >= 0.6 is 15.9 Å². The van der Waals surface area contributed by atoms with Crippen LogP contribution in [0.15, 0.2) is 21.4 Å². The molecule has 0 spiro atoms. The zero-order valence-electron chi connectivity index (χ0n) is 15.5. The molecule has 0 aliphatic carbocycles. The summed E-state index contributed by atoms with van der Waals surface area (Å²) in [5, 5.41) is 0.706. The SMILES string of the molecule is CCCC(c1nc2cc(C)c(Br)cc2c(=O)n1CC)N1CCCCC1. The van der Waals surface area contributed by atoms with Gasteiger partial charge in [0.2, 0.25) is 0 Å². The van der Waals surface area contributed by atoms with Gasteiger partial charge in [0, 0.05) is 11.0 Å². The van der Waals surface area contributed by atoms with Gasteiger partial charge in [0.25, 0.3) is 5.56 Å². The smallest absolute Gasteiger partial charge is 0.261 e. The van der Waals surface area contributed by atoms with Crippen molar-refractivity contribution in [3.05, 3.63) is 38.3 Å². The highest BCUT2D eigenvalue weighted by Gasteiger charge is 2.26. The molecule has 0 saturated carbocycles. The molecule has 25 heavy (non-hydrogen) atoms. The molecule has 1 unspecified atom stereocenters. The fraction of sp³-hybridized carbons (Fsp3) is 0.600. The van der Waals surface area contributed by atoms with Crippen LogP contribution < -0.4 is 5.56 Å². The topological polar surface area (TPSA) is 38.1 Å². The van der Waals surface area contributed by atoms with Crippen LogP contribution in [-0.2, 0) is 6.54 Å². The van der Waals surface area contributed by atoms with E-state index in [0.29, 0.717) is 11.9 Å². The fourth-order valence-electron chi connectivity index (χ4n) is 3.90. The Bertz CT molecular complexity index is 809. The lowest BCUT2D eigenvalue weighted by molar-refractivity contribution is 0.144. The summed E-state index contributed by atoms with van der Waals surface area (Å²) >= 11 is 3.55. The van der Waals surface area contributed by atoms with Crippen molar-refractivity contribution >= 4 is 26.8 Å². The summed E-state index contributed by atoms with van der Waals surface area (Å²) in [5.41, 5.74) is 2.02. The monoisotopic (exact) mass is 405 g/mol. The van der Waals surface area contributed by atoms with Gasteiger partial charge in [0.1, 0.15) is 5.82 Å². The van der Waals surface area contributed by atoms with Gasteiger partial charge in [-0.05, 0) is 63.9 Å². The number of likely N-dealkylation sites (tertiary alicyclic amines) is 1. The fourth-order valence-corrected chi connectivity index (χ4v) is 4.25. The molecule has 136 valence electrons. The third kappa shape index (κ3) is 3.68. The molecule has 2 aromatic rings. The van der Waals surface area contributed by atoms with E-state index in [0.717, 1.165) is 47.3 Å². The molecule has 3 rings (SSSR count). The first kappa shape index (κ1) is 18.6. The lowest BCUT2D eigenvalue weighted by atomic mass is 10.0. The van der Waals surface area contributed by atoms with Crippen LogP contribution in [0.3, 0.4) is 0 Å². The van der Waals surface area contributed by atoms with Crippen LogP contribution in [0.1, 0.15) is 63.4 Å².